The van der Waals surface area contributed by atoms with Crippen molar-refractivity contribution >= 4 is 11.5 Å². The average Bonchev–Trinajstić information content (AvgIpc) is 2.65. The van der Waals surface area contributed by atoms with Gasteiger partial charge in [0.25, 0.3) is 0 Å². The van der Waals surface area contributed by atoms with Gasteiger partial charge < -0.3 is 10.0 Å². The molecule has 0 aliphatic heterocycles. The predicted molar refractivity (Wildman–Crippen MR) is 72.9 cm³/mol. The summed E-state index contributed by atoms with van der Waals surface area (Å²) in [5, 5.41) is 13.8. The molecule has 0 aliphatic carbocycles. The molecule has 2 rings (SSSR count). The molecule has 1 aromatic heterocycles. The highest BCUT2D eigenvalue weighted by molar-refractivity contribution is 5.64. The summed E-state index contributed by atoms with van der Waals surface area (Å²) in [4.78, 5) is 1.94. The minimum Gasteiger partial charge on any atom is -0.391 e. The van der Waals surface area contributed by atoms with Crippen molar-refractivity contribution in [3.05, 3.63) is 41.3 Å². The summed E-state index contributed by atoms with van der Waals surface area (Å²) in [5.41, 5.74) is 2.31. The van der Waals surface area contributed by atoms with E-state index in [0.29, 0.717) is 6.54 Å². The van der Waals surface area contributed by atoms with Gasteiger partial charge in [-0.25, -0.2) is 4.39 Å². The Kier molecular flexibility index (Phi) is 3.85. The monoisotopic (exact) mass is 263 g/mol. The van der Waals surface area contributed by atoms with Crippen LogP contribution in [0.5, 0.6) is 0 Å². The van der Waals surface area contributed by atoms with Crippen LogP contribution in [-0.4, -0.2) is 21.4 Å². The van der Waals surface area contributed by atoms with E-state index < -0.39 is 0 Å². The zero-order valence-corrected chi connectivity index (χ0v) is 11.4. The van der Waals surface area contributed by atoms with Gasteiger partial charge in [0.2, 0.25) is 0 Å². The van der Waals surface area contributed by atoms with Gasteiger partial charge in [0.05, 0.1) is 12.3 Å². The van der Waals surface area contributed by atoms with Gasteiger partial charge in [-0.1, -0.05) is 6.07 Å². The second-order valence-corrected chi connectivity index (χ2v) is 4.39. The summed E-state index contributed by atoms with van der Waals surface area (Å²) in [6, 6.07) is 6.41. The van der Waals surface area contributed by atoms with Crippen molar-refractivity contribution in [2.75, 3.05) is 11.4 Å². The van der Waals surface area contributed by atoms with E-state index in [1.807, 2.05) is 31.9 Å². The number of aliphatic hydroxyl groups excluding tert-OH is 1. The van der Waals surface area contributed by atoms with E-state index in [0.717, 1.165) is 22.8 Å². The number of aromatic nitrogens is 2. The highest BCUT2D eigenvalue weighted by Crippen LogP contribution is 2.30. The van der Waals surface area contributed by atoms with E-state index in [1.165, 1.54) is 12.1 Å². The lowest BCUT2D eigenvalue weighted by atomic mass is 10.2. The van der Waals surface area contributed by atoms with E-state index in [2.05, 4.69) is 5.10 Å². The molecule has 0 aliphatic rings. The van der Waals surface area contributed by atoms with Gasteiger partial charge in [-0.2, -0.15) is 5.10 Å². The molecule has 1 heterocycles. The minimum absolute atomic E-state index is 0.0825. The third-order valence-corrected chi connectivity index (χ3v) is 3.16. The van der Waals surface area contributed by atoms with Crippen molar-refractivity contribution in [1.82, 2.24) is 9.78 Å². The number of aliphatic hydroxyl groups is 1. The molecule has 4 nitrogen and oxygen atoms in total. The van der Waals surface area contributed by atoms with Gasteiger partial charge in [0, 0.05) is 24.8 Å². The topological polar surface area (TPSA) is 41.3 Å². The Balaban J connectivity index is 2.54. The Morgan fingerprint density at radius 2 is 2.16 bits per heavy atom. The van der Waals surface area contributed by atoms with Crippen molar-refractivity contribution in [3.8, 4) is 0 Å². The van der Waals surface area contributed by atoms with Gasteiger partial charge in [-0.3, -0.25) is 4.68 Å². The predicted octanol–water partition coefficient (Wildman–Crippen LogP) is 2.52. The van der Waals surface area contributed by atoms with Crippen molar-refractivity contribution < 1.29 is 9.50 Å². The molecule has 0 spiro atoms. The Hall–Kier alpha value is -1.88. The number of hydrogen-bond acceptors (Lipinski definition) is 3. The molecule has 0 unspecified atom stereocenters. The van der Waals surface area contributed by atoms with Crippen molar-refractivity contribution in [2.24, 2.45) is 7.05 Å². The molecular formula is C14H18FN3O. The van der Waals surface area contributed by atoms with Crippen LogP contribution in [-0.2, 0) is 13.7 Å². The second-order valence-electron chi connectivity index (χ2n) is 4.39. The van der Waals surface area contributed by atoms with Crippen LogP contribution in [0, 0.1) is 12.7 Å². The quantitative estimate of drug-likeness (QED) is 0.921. The molecule has 102 valence electrons. The van der Waals surface area contributed by atoms with Crippen LogP contribution in [0.25, 0.3) is 0 Å². The largest absolute Gasteiger partial charge is 0.391 e. The molecule has 1 N–H and O–H groups in total. The van der Waals surface area contributed by atoms with Crippen molar-refractivity contribution in [3.63, 3.8) is 0 Å². The maximum absolute atomic E-state index is 13.4. The maximum Gasteiger partial charge on any atom is 0.136 e. The summed E-state index contributed by atoms with van der Waals surface area (Å²) in [5.74, 6) is 0.522. The van der Waals surface area contributed by atoms with Gasteiger partial charge >= 0.3 is 0 Å². The van der Waals surface area contributed by atoms with E-state index in [9.17, 15) is 9.50 Å². The van der Waals surface area contributed by atoms with Crippen LogP contribution >= 0.6 is 0 Å². The number of anilines is 2. The summed E-state index contributed by atoms with van der Waals surface area (Å²) in [6.45, 7) is 4.42. The summed E-state index contributed by atoms with van der Waals surface area (Å²) in [6.07, 6.45) is 0. The fraction of sp³-hybridized carbons (Fsp3) is 0.357. The van der Waals surface area contributed by atoms with Gasteiger partial charge in [-0.15, -0.1) is 0 Å². The van der Waals surface area contributed by atoms with Crippen LogP contribution in [0.15, 0.2) is 24.3 Å². The molecule has 5 heteroatoms. The summed E-state index contributed by atoms with van der Waals surface area (Å²) in [7, 11) is 1.82. The van der Waals surface area contributed by atoms with E-state index >= 15 is 0 Å². The third kappa shape index (κ3) is 2.46. The molecule has 2 aromatic rings. The van der Waals surface area contributed by atoms with Crippen LogP contribution in [0.4, 0.5) is 15.9 Å². The lowest BCUT2D eigenvalue weighted by Crippen LogP contribution is -2.20. The van der Waals surface area contributed by atoms with E-state index in [4.69, 9.17) is 0 Å². The molecule has 0 saturated heterocycles. The number of rotatable bonds is 4. The maximum atomic E-state index is 13.4. The molecule has 0 saturated carbocycles. The first kappa shape index (κ1) is 13.5. The normalized spacial score (nSPS) is 10.8. The van der Waals surface area contributed by atoms with Crippen LogP contribution in [0.3, 0.4) is 0 Å². The number of halogens is 1. The number of benzene rings is 1. The van der Waals surface area contributed by atoms with Crippen molar-refractivity contribution in [2.45, 2.75) is 20.5 Å². The van der Waals surface area contributed by atoms with Crippen LogP contribution in [0.2, 0.25) is 0 Å². The van der Waals surface area contributed by atoms with Crippen LogP contribution < -0.4 is 4.90 Å². The lowest BCUT2D eigenvalue weighted by Gasteiger charge is -2.24. The third-order valence-electron chi connectivity index (χ3n) is 3.16. The summed E-state index contributed by atoms with van der Waals surface area (Å²) < 4.78 is 15.1. The van der Waals surface area contributed by atoms with E-state index in [-0.39, 0.29) is 12.4 Å². The zero-order chi connectivity index (χ0) is 14.0. The Morgan fingerprint density at radius 3 is 2.74 bits per heavy atom. The van der Waals surface area contributed by atoms with E-state index in [1.54, 1.807) is 10.7 Å². The van der Waals surface area contributed by atoms with Gasteiger partial charge in [0.1, 0.15) is 11.6 Å². The SMILES string of the molecule is CCN(c1cccc(F)c1)c1c(CO)c(C)nn1C. The highest BCUT2D eigenvalue weighted by atomic mass is 19.1. The van der Waals surface area contributed by atoms with Crippen molar-refractivity contribution in [1.29, 1.82) is 0 Å². The average molecular weight is 263 g/mol. The molecular weight excluding hydrogens is 245 g/mol. The molecule has 0 atom stereocenters. The number of hydrogen-bond donors (Lipinski definition) is 1. The van der Waals surface area contributed by atoms with Gasteiger partial charge in [-0.05, 0) is 32.0 Å². The molecule has 0 fully saturated rings. The Morgan fingerprint density at radius 1 is 1.42 bits per heavy atom. The first-order valence-electron chi connectivity index (χ1n) is 6.25. The number of nitrogens with zero attached hydrogens (tertiary/aromatic N) is 3. The molecule has 0 radical (unpaired) electrons. The Bertz CT molecular complexity index is 580. The second kappa shape index (κ2) is 5.40. The standard InChI is InChI=1S/C14H18FN3O/c1-4-18(12-7-5-6-11(15)8-12)14-13(9-19)10(2)16-17(14)3/h5-8,19H,4,9H2,1-3H3. The fourth-order valence-electron chi connectivity index (χ4n) is 2.31. The number of aryl methyl sites for hydroxylation is 2. The molecule has 19 heavy (non-hydrogen) atoms. The molecule has 0 bridgehead atoms. The highest BCUT2D eigenvalue weighted by Gasteiger charge is 2.19. The summed E-state index contributed by atoms with van der Waals surface area (Å²) >= 11 is 0. The smallest absolute Gasteiger partial charge is 0.136 e. The lowest BCUT2D eigenvalue weighted by molar-refractivity contribution is 0.281. The van der Waals surface area contributed by atoms with Crippen LogP contribution in [0.1, 0.15) is 18.2 Å². The zero-order valence-electron chi connectivity index (χ0n) is 11.4. The first-order chi connectivity index (χ1) is 9.08. The minimum atomic E-state index is -0.277. The van der Waals surface area contributed by atoms with Gasteiger partial charge in [0.15, 0.2) is 0 Å². The Labute approximate surface area is 112 Å². The molecule has 0 amide bonds. The first-order valence-corrected chi connectivity index (χ1v) is 6.25. The fourth-order valence-corrected chi connectivity index (χ4v) is 2.31. The molecule has 1 aromatic carbocycles.